The number of rotatable bonds is 5. The average Bonchev–Trinajstić information content (AvgIpc) is 2.51. The summed E-state index contributed by atoms with van der Waals surface area (Å²) in [6, 6.07) is 8.34. The summed E-state index contributed by atoms with van der Waals surface area (Å²) in [6.07, 6.45) is 1.32. The lowest BCUT2D eigenvalue weighted by Crippen LogP contribution is -2.24. The highest BCUT2D eigenvalue weighted by Crippen LogP contribution is 2.25. The molecule has 3 N–H and O–H groups in total. The minimum absolute atomic E-state index is 0.0342. The summed E-state index contributed by atoms with van der Waals surface area (Å²) in [5.41, 5.74) is 5.46. The Bertz CT molecular complexity index is 762. The molecule has 2 rings (SSSR count). The topological polar surface area (TPSA) is 91.2 Å². The van der Waals surface area contributed by atoms with Gasteiger partial charge in [-0.05, 0) is 49.6 Å². The number of hydrogen-bond donors (Lipinski definition) is 3. The third-order valence-corrected chi connectivity index (χ3v) is 3.65. The molecule has 0 aromatic heterocycles. The first-order valence-corrected chi connectivity index (χ1v) is 7.42. The first-order chi connectivity index (χ1) is 11.4. The van der Waals surface area contributed by atoms with Crippen molar-refractivity contribution in [3.8, 4) is 17.2 Å². The van der Waals surface area contributed by atoms with Gasteiger partial charge in [0.1, 0.15) is 17.2 Å². The Balaban J connectivity index is 1.93. The van der Waals surface area contributed by atoms with Gasteiger partial charge in [0.25, 0.3) is 5.91 Å². The van der Waals surface area contributed by atoms with Crippen molar-refractivity contribution in [1.29, 1.82) is 0 Å². The lowest BCUT2D eigenvalue weighted by Gasteiger charge is -2.09. The first kappa shape index (κ1) is 17.3. The van der Waals surface area contributed by atoms with Crippen LogP contribution in [0.15, 0.2) is 35.4 Å². The molecular formula is C18H20N2O4. The number of carbonyl (C=O) groups excluding carboxylic acids is 1. The van der Waals surface area contributed by atoms with Gasteiger partial charge < -0.3 is 14.9 Å². The van der Waals surface area contributed by atoms with Crippen LogP contribution < -0.4 is 10.2 Å². The molecule has 126 valence electrons. The largest absolute Gasteiger partial charge is 0.508 e. The molecule has 0 aliphatic carbocycles. The van der Waals surface area contributed by atoms with E-state index in [0.29, 0.717) is 16.9 Å². The fraction of sp³-hybridized carbons (Fsp3) is 0.222. The molecule has 0 saturated heterocycles. The van der Waals surface area contributed by atoms with Gasteiger partial charge in [-0.3, -0.25) is 4.79 Å². The molecular weight excluding hydrogens is 308 g/mol. The van der Waals surface area contributed by atoms with Crippen LogP contribution in [-0.4, -0.2) is 28.9 Å². The van der Waals surface area contributed by atoms with Gasteiger partial charge in [0.05, 0.1) is 6.21 Å². The Morgan fingerprint density at radius 2 is 1.96 bits per heavy atom. The van der Waals surface area contributed by atoms with Crippen molar-refractivity contribution in [3.63, 3.8) is 0 Å². The van der Waals surface area contributed by atoms with Crippen molar-refractivity contribution in [2.75, 3.05) is 6.61 Å². The summed E-state index contributed by atoms with van der Waals surface area (Å²) in [6.45, 7) is 5.45. The lowest BCUT2D eigenvalue weighted by molar-refractivity contribution is -0.123. The maximum Gasteiger partial charge on any atom is 0.277 e. The van der Waals surface area contributed by atoms with Crippen LogP contribution in [0.4, 0.5) is 0 Å². The highest BCUT2D eigenvalue weighted by molar-refractivity contribution is 5.87. The standard InChI is InChI=1S/C18H20N2O4/c1-11-5-4-6-17(13(11)3)24-10-18(23)20-19-9-15-12(2)7-14(21)8-16(15)22/h4-9,21-22H,10H2,1-3H3,(H,20,23)/b19-9+. The van der Waals surface area contributed by atoms with E-state index < -0.39 is 5.91 Å². The number of ether oxygens (including phenoxy) is 1. The van der Waals surface area contributed by atoms with Crippen LogP contribution in [0, 0.1) is 20.8 Å². The molecule has 0 spiro atoms. The molecule has 2 aromatic carbocycles. The van der Waals surface area contributed by atoms with E-state index in [1.807, 2.05) is 26.0 Å². The molecule has 0 unspecified atom stereocenters. The Kier molecular flexibility index (Phi) is 5.42. The summed E-state index contributed by atoms with van der Waals surface area (Å²) >= 11 is 0. The fourth-order valence-electron chi connectivity index (χ4n) is 2.15. The molecule has 2 aromatic rings. The van der Waals surface area contributed by atoms with Crippen molar-refractivity contribution < 1.29 is 19.7 Å². The lowest BCUT2D eigenvalue weighted by atomic mass is 10.1. The van der Waals surface area contributed by atoms with Gasteiger partial charge in [-0.25, -0.2) is 5.43 Å². The number of phenols is 2. The van der Waals surface area contributed by atoms with Gasteiger partial charge >= 0.3 is 0 Å². The van der Waals surface area contributed by atoms with Crippen molar-refractivity contribution in [2.45, 2.75) is 20.8 Å². The number of nitrogens with zero attached hydrogens (tertiary/aromatic N) is 1. The van der Waals surface area contributed by atoms with Crippen LogP contribution in [-0.2, 0) is 4.79 Å². The molecule has 0 heterocycles. The summed E-state index contributed by atoms with van der Waals surface area (Å²) in [5, 5.41) is 22.9. The number of hydrazone groups is 1. The maximum absolute atomic E-state index is 11.8. The Labute approximate surface area is 140 Å². The summed E-state index contributed by atoms with van der Waals surface area (Å²) in [7, 11) is 0. The van der Waals surface area contributed by atoms with E-state index in [2.05, 4.69) is 10.5 Å². The van der Waals surface area contributed by atoms with E-state index >= 15 is 0 Å². The van der Waals surface area contributed by atoms with Crippen LogP contribution in [0.5, 0.6) is 17.2 Å². The van der Waals surface area contributed by atoms with Crippen LogP contribution in [0.3, 0.4) is 0 Å². The van der Waals surface area contributed by atoms with E-state index in [9.17, 15) is 15.0 Å². The van der Waals surface area contributed by atoms with Crippen molar-refractivity contribution in [1.82, 2.24) is 5.43 Å². The first-order valence-electron chi connectivity index (χ1n) is 7.42. The molecule has 0 bridgehead atoms. The smallest absolute Gasteiger partial charge is 0.277 e. The highest BCUT2D eigenvalue weighted by Gasteiger charge is 2.07. The van der Waals surface area contributed by atoms with Crippen LogP contribution in [0.2, 0.25) is 0 Å². The Morgan fingerprint density at radius 3 is 2.67 bits per heavy atom. The summed E-state index contributed by atoms with van der Waals surface area (Å²) in [4.78, 5) is 11.8. The monoisotopic (exact) mass is 328 g/mol. The molecule has 24 heavy (non-hydrogen) atoms. The number of amides is 1. The van der Waals surface area contributed by atoms with E-state index in [0.717, 1.165) is 11.1 Å². The third-order valence-electron chi connectivity index (χ3n) is 3.65. The maximum atomic E-state index is 11.8. The molecule has 0 aliphatic heterocycles. The number of hydrogen-bond acceptors (Lipinski definition) is 5. The summed E-state index contributed by atoms with van der Waals surface area (Å²) < 4.78 is 5.48. The molecule has 6 nitrogen and oxygen atoms in total. The van der Waals surface area contributed by atoms with Crippen molar-refractivity contribution in [2.24, 2.45) is 5.10 Å². The predicted molar refractivity (Wildman–Crippen MR) is 91.7 cm³/mol. The number of aromatic hydroxyl groups is 2. The minimum Gasteiger partial charge on any atom is -0.508 e. The molecule has 0 atom stereocenters. The van der Waals surface area contributed by atoms with Crippen molar-refractivity contribution in [3.05, 3.63) is 52.6 Å². The minimum atomic E-state index is -0.414. The molecule has 1 amide bonds. The Morgan fingerprint density at radius 1 is 1.21 bits per heavy atom. The molecule has 6 heteroatoms. The number of carbonyl (C=O) groups is 1. The van der Waals surface area contributed by atoms with Crippen molar-refractivity contribution >= 4 is 12.1 Å². The number of nitrogens with one attached hydrogen (secondary N) is 1. The molecule has 0 fully saturated rings. The zero-order valence-electron chi connectivity index (χ0n) is 13.8. The van der Waals surface area contributed by atoms with Crippen LogP contribution in [0.25, 0.3) is 0 Å². The second kappa shape index (κ2) is 7.50. The molecule has 0 aliphatic rings. The van der Waals surface area contributed by atoms with E-state index in [1.165, 1.54) is 18.3 Å². The van der Waals surface area contributed by atoms with E-state index in [-0.39, 0.29) is 18.1 Å². The third kappa shape index (κ3) is 4.25. The van der Waals surface area contributed by atoms with Gasteiger partial charge in [0, 0.05) is 11.6 Å². The molecule has 0 radical (unpaired) electrons. The zero-order chi connectivity index (χ0) is 17.7. The van der Waals surface area contributed by atoms with Gasteiger partial charge in [-0.15, -0.1) is 0 Å². The number of aryl methyl sites for hydroxylation is 2. The Hall–Kier alpha value is -3.02. The van der Waals surface area contributed by atoms with Gasteiger partial charge in [0.2, 0.25) is 0 Å². The zero-order valence-corrected chi connectivity index (χ0v) is 13.8. The highest BCUT2D eigenvalue weighted by atomic mass is 16.5. The van der Waals surface area contributed by atoms with Crippen LogP contribution in [0.1, 0.15) is 22.3 Å². The fourth-order valence-corrected chi connectivity index (χ4v) is 2.15. The van der Waals surface area contributed by atoms with Crippen LogP contribution >= 0.6 is 0 Å². The van der Waals surface area contributed by atoms with E-state index in [1.54, 1.807) is 13.0 Å². The van der Waals surface area contributed by atoms with Gasteiger partial charge in [-0.1, -0.05) is 12.1 Å². The predicted octanol–water partition coefficient (Wildman–Crippen LogP) is 2.55. The normalized spacial score (nSPS) is 10.8. The number of phenolic OH excluding ortho intramolecular Hbond substituents is 2. The van der Waals surface area contributed by atoms with Gasteiger partial charge in [0.15, 0.2) is 6.61 Å². The SMILES string of the molecule is Cc1cccc(OCC(=O)N/N=C/c2c(C)cc(O)cc2O)c1C. The molecule has 0 saturated carbocycles. The number of benzene rings is 2. The summed E-state index contributed by atoms with van der Waals surface area (Å²) in [5.74, 6) is 0.0921. The second-order valence-electron chi connectivity index (χ2n) is 5.48. The average molecular weight is 328 g/mol. The second-order valence-corrected chi connectivity index (χ2v) is 5.48. The van der Waals surface area contributed by atoms with Gasteiger partial charge in [-0.2, -0.15) is 5.10 Å². The van der Waals surface area contributed by atoms with E-state index in [4.69, 9.17) is 4.74 Å². The quantitative estimate of drug-likeness (QED) is 0.581.